The number of aromatic nitrogens is 2. The molecule has 0 saturated heterocycles. The third-order valence-electron chi connectivity index (χ3n) is 2.04. The highest BCUT2D eigenvalue weighted by atomic mass is 16.5. The Bertz CT molecular complexity index is 365. The Kier molecular flexibility index (Phi) is 2.41. The van der Waals surface area contributed by atoms with Crippen LogP contribution in [0.25, 0.3) is 0 Å². The van der Waals surface area contributed by atoms with Crippen LogP contribution >= 0.6 is 0 Å². The van der Waals surface area contributed by atoms with Gasteiger partial charge in [0.25, 0.3) is 0 Å². The maximum Gasteiger partial charge on any atom is 0.309 e. The smallest absolute Gasteiger partial charge is 0.309 e. The minimum atomic E-state index is -0.893. The molecule has 1 aliphatic heterocycles. The van der Waals surface area contributed by atoms with Gasteiger partial charge in [-0.15, -0.1) is 0 Å². The molecule has 0 aliphatic carbocycles. The maximum absolute atomic E-state index is 10.4. The summed E-state index contributed by atoms with van der Waals surface area (Å²) in [5, 5.41) is 8.57. The first-order valence-corrected chi connectivity index (χ1v) is 4.39. The lowest BCUT2D eigenvalue weighted by Gasteiger charge is -2.14. The summed E-state index contributed by atoms with van der Waals surface area (Å²) in [5.41, 5.74) is 2.18. The summed E-state index contributed by atoms with van der Waals surface area (Å²) in [5.74, 6) is -0.893. The van der Waals surface area contributed by atoms with E-state index in [2.05, 4.69) is 9.97 Å². The van der Waals surface area contributed by atoms with Gasteiger partial charge in [-0.1, -0.05) is 0 Å². The molecule has 0 bridgehead atoms. The van der Waals surface area contributed by atoms with E-state index < -0.39 is 5.97 Å². The molecule has 0 atom stereocenters. The van der Waals surface area contributed by atoms with Crippen LogP contribution in [0.3, 0.4) is 0 Å². The van der Waals surface area contributed by atoms with E-state index in [0.29, 0.717) is 18.9 Å². The first-order valence-electron chi connectivity index (χ1n) is 4.39. The number of carboxylic acids is 1. The van der Waals surface area contributed by atoms with Crippen molar-refractivity contribution < 1.29 is 14.6 Å². The summed E-state index contributed by atoms with van der Waals surface area (Å²) >= 11 is 0. The zero-order chi connectivity index (χ0) is 9.97. The van der Waals surface area contributed by atoms with E-state index in [0.717, 1.165) is 17.8 Å². The molecule has 0 amide bonds. The number of fused-ring (bicyclic) bond motifs is 1. The van der Waals surface area contributed by atoms with Crippen LogP contribution < -0.4 is 0 Å². The quantitative estimate of drug-likeness (QED) is 0.726. The molecule has 0 spiro atoms. The predicted octanol–water partition coefficient (Wildman–Crippen LogP) is 0.176. The molecular formula is C9H10N2O3. The molecule has 0 saturated carbocycles. The van der Waals surface area contributed by atoms with Crippen LogP contribution in [0.4, 0.5) is 0 Å². The van der Waals surface area contributed by atoms with Crippen molar-refractivity contribution in [3.8, 4) is 0 Å². The van der Waals surface area contributed by atoms with E-state index >= 15 is 0 Å². The molecule has 0 unspecified atom stereocenters. The van der Waals surface area contributed by atoms with E-state index in [1.54, 1.807) is 0 Å². The minimum absolute atomic E-state index is 0.0831. The third-order valence-corrected chi connectivity index (χ3v) is 2.04. The standard InChI is InChI=1S/C9H10N2O3/c12-9(13)3-6-4-10-7-1-2-14-5-8(7)11-6/h4H,1-3,5H2,(H,12,13). The Morgan fingerprint density at radius 2 is 2.43 bits per heavy atom. The molecule has 1 aromatic rings. The van der Waals surface area contributed by atoms with Crippen molar-refractivity contribution in [3.05, 3.63) is 23.3 Å². The molecule has 5 heteroatoms. The second-order valence-electron chi connectivity index (χ2n) is 3.13. The summed E-state index contributed by atoms with van der Waals surface area (Å²) in [7, 11) is 0. The number of aliphatic carboxylic acids is 1. The maximum atomic E-state index is 10.4. The van der Waals surface area contributed by atoms with Crippen molar-refractivity contribution >= 4 is 5.97 Å². The molecule has 1 N–H and O–H groups in total. The summed E-state index contributed by atoms with van der Waals surface area (Å²) in [6.45, 7) is 1.11. The van der Waals surface area contributed by atoms with Crippen LogP contribution in [-0.4, -0.2) is 27.7 Å². The van der Waals surface area contributed by atoms with E-state index in [1.165, 1.54) is 6.20 Å². The number of hydrogen-bond donors (Lipinski definition) is 1. The van der Waals surface area contributed by atoms with Gasteiger partial charge in [-0.25, -0.2) is 0 Å². The first kappa shape index (κ1) is 9.08. The summed E-state index contributed by atoms with van der Waals surface area (Å²) in [6, 6.07) is 0. The van der Waals surface area contributed by atoms with Gasteiger partial charge in [0.05, 0.1) is 36.7 Å². The van der Waals surface area contributed by atoms with E-state index in [9.17, 15) is 4.79 Å². The molecule has 0 fully saturated rings. The molecule has 1 aliphatic rings. The number of nitrogens with zero attached hydrogens (tertiary/aromatic N) is 2. The van der Waals surface area contributed by atoms with Crippen LogP contribution in [0.1, 0.15) is 17.1 Å². The van der Waals surface area contributed by atoms with Crippen LogP contribution in [0.5, 0.6) is 0 Å². The van der Waals surface area contributed by atoms with Crippen LogP contribution in [0.15, 0.2) is 6.20 Å². The molecular weight excluding hydrogens is 184 g/mol. The minimum Gasteiger partial charge on any atom is -0.481 e. The lowest BCUT2D eigenvalue weighted by molar-refractivity contribution is -0.136. The third kappa shape index (κ3) is 1.88. The van der Waals surface area contributed by atoms with E-state index in [1.807, 2.05) is 0 Å². The Balaban J connectivity index is 2.24. The molecule has 0 radical (unpaired) electrons. The van der Waals surface area contributed by atoms with Crippen molar-refractivity contribution in [2.75, 3.05) is 6.61 Å². The van der Waals surface area contributed by atoms with Gasteiger partial charge in [0, 0.05) is 12.6 Å². The molecule has 0 aromatic carbocycles. The molecule has 74 valence electrons. The Hall–Kier alpha value is -1.49. The average Bonchev–Trinajstić information content (AvgIpc) is 2.17. The Labute approximate surface area is 80.8 Å². The van der Waals surface area contributed by atoms with Crippen molar-refractivity contribution in [3.63, 3.8) is 0 Å². The number of carboxylic acid groups (broad SMARTS) is 1. The Morgan fingerprint density at radius 1 is 1.57 bits per heavy atom. The highest BCUT2D eigenvalue weighted by Crippen LogP contribution is 2.12. The number of ether oxygens (including phenoxy) is 1. The second kappa shape index (κ2) is 3.71. The number of hydrogen-bond acceptors (Lipinski definition) is 4. The summed E-state index contributed by atoms with van der Waals surface area (Å²) in [6.07, 6.45) is 2.20. The summed E-state index contributed by atoms with van der Waals surface area (Å²) in [4.78, 5) is 18.8. The lowest BCUT2D eigenvalue weighted by atomic mass is 10.2. The Morgan fingerprint density at radius 3 is 3.21 bits per heavy atom. The second-order valence-corrected chi connectivity index (χ2v) is 3.13. The SMILES string of the molecule is O=C(O)Cc1cnc2c(n1)COCC2. The topological polar surface area (TPSA) is 72.3 Å². The van der Waals surface area contributed by atoms with Gasteiger partial charge in [0.1, 0.15) is 0 Å². The average molecular weight is 194 g/mol. The van der Waals surface area contributed by atoms with Gasteiger partial charge in [-0.05, 0) is 0 Å². The fourth-order valence-electron chi connectivity index (χ4n) is 1.40. The van der Waals surface area contributed by atoms with Crippen LogP contribution in [0, 0.1) is 0 Å². The van der Waals surface area contributed by atoms with Gasteiger partial charge in [0.2, 0.25) is 0 Å². The molecule has 2 heterocycles. The molecule has 2 rings (SSSR count). The first-order chi connectivity index (χ1) is 6.75. The highest BCUT2D eigenvalue weighted by molar-refractivity contribution is 5.69. The number of rotatable bonds is 2. The normalized spacial score (nSPS) is 14.9. The largest absolute Gasteiger partial charge is 0.481 e. The van der Waals surface area contributed by atoms with Gasteiger partial charge < -0.3 is 9.84 Å². The molecule has 5 nitrogen and oxygen atoms in total. The zero-order valence-electron chi connectivity index (χ0n) is 7.56. The van der Waals surface area contributed by atoms with Crippen molar-refractivity contribution in [1.29, 1.82) is 0 Å². The van der Waals surface area contributed by atoms with Crippen molar-refractivity contribution in [2.45, 2.75) is 19.4 Å². The zero-order valence-corrected chi connectivity index (χ0v) is 7.56. The number of carbonyl (C=O) groups is 1. The van der Waals surface area contributed by atoms with E-state index in [-0.39, 0.29) is 6.42 Å². The van der Waals surface area contributed by atoms with Gasteiger partial charge >= 0.3 is 5.97 Å². The van der Waals surface area contributed by atoms with Gasteiger partial charge in [0.15, 0.2) is 0 Å². The predicted molar refractivity (Wildman–Crippen MR) is 46.7 cm³/mol. The molecule has 1 aromatic heterocycles. The van der Waals surface area contributed by atoms with Gasteiger partial charge in [-0.3, -0.25) is 14.8 Å². The van der Waals surface area contributed by atoms with Gasteiger partial charge in [-0.2, -0.15) is 0 Å². The molecule has 14 heavy (non-hydrogen) atoms. The van der Waals surface area contributed by atoms with Crippen molar-refractivity contribution in [1.82, 2.24) is 9.97 Å². The van der Waals surface area contributed by atoms with Crippen molar-refractivity contribution in [2.24, 2.45) is 0 Å². The fraction of sp³-hybridized carbons (Fsp3) is 0.444. The highest BCUT2D eigenvalue weighted by Gasteiger charge is 2.13. The summed E-state index contributed by atoms with van der Waals surface area (Å²) < 4.78 is 5.21. The van der Waals surface area contributed by atoms with Crippen LogP contribution in [-0.2, 0) is 29.0 Å². The van der Waals surface area contributed by atoms with Crippen LogP contribution in [0.2, 0.25) is 0 Å². The van der Waals surface area contributed by atoms with E-state index in [4.69, 9.17) is 9.84 Å². The fourth-order valence-corrected chi connectivity index (χ4v) is 1.40. The lowest BCUT2D eigenvalue weighted by Crippen LogP contribution is -2.15. The monoisotopic (exact) mass is 194 g/mol.